The van der Waals surface area contributed by atoms with Gasteiger partial charge < -0.3 is 19.0 Å². The van der Waals surface area contributed by atoms with Crippen molar-refractivity contribution in [2.75, 3.05) is 37.7 Å². The zero-order valence-electron chi connectivity index (χ0n) is 21.3. The summed E-state index contributed by atoms with van der Waals surface area (Å²) in [5, 5.41) is 5.10. The molecule has 204 valence electrons. The summed E-state index contributed by atoms with van der Waals surface area (Å²) in [5.41, 5.74) is 5.18. The van der Waals surface area contributed by atoms with Gasteiger partial charge in [-0.25, -0.2) is 9.82 Å². The van der Waals surface area contributed by atoms with E-state index < -0.39 is 5.91 Å². The molecule has 3 aromatic rings. The number of hydrazone groups is 1. The topological polar surface area (TPSA) is 87.4 Å². The third-order valence-electron chi connectivity index (χ3n) is 6.85. The molecule has 1 N–H and O–H groups in total. The van der Waals surface area contributed by atoms with E-state index in [1.165, 1.54) is 12.1 Å². The third kappa shape index (κ3) is 5.89. The zero-order chi connectivity index (χ0) is 27.5. The van der Waals surface area contributed by atoms with E-state index in [1.807, 2.05) is 11.8 Å². The number of benzene rings is 2. The molecule has 0 atom stereocenters. The molecule has 2 aromatic carbocycles. The van der Waals surface area contributed by atoms with E-state index in [2.05, 4.69) is 10.5 Å². The molecule has 5 rings (SSSR count). The Morgan fingerprint density at radius 1 is 1.10 bits per heavy atom. The lowest BCUT2D eigenvalue weighted by molar-refractivity contribution is -0.123. The van der Waals surface area contributed by atoms with Crippen LogP contribution in [0.1, 0.15) is 40.3 Å². The number of rotatable bonds is 6. The Morgan fingerprint density at radius 2 is 1.87 bits per heavy atom. The number of ether oxygens (including phenoxy) is 1. The maximum Gasteiger partial charge on any atom is 0.289 e. The molecule has 0 unspecified atom stereocenters. The van der Waals surface area contributed by atoms with Crippen LogP contribution in [0, 0.1) is 12.7 Å². The minimum atomic E-state index is -0.453. The lowest BCUT2D eigenvalue weighted by Crippen LogP contribution is -2.49. The first-order valence-electron chi connectivity index (χ1n) is 12.7. The van der Waals surface area contributed by atoms with Gasteiger partial charge in [-0.2, -0.15) is 5.10 Å². The van der Waals surface area contributed by atoms with Crippen LogP contribution in [0.5, 0.6) is 5.75 Å². The van der Waals surface area contributed by atoms with Crippen molar-refractivity contribution in [2.45, 2.75) is 26.2 Å². The fraction of sp³-hybridized carbons (Fsp3) is 0.321. The number of anilines is 1. The van der Waals surface area contributed by atoms with Crippen molar-refractivity contribution in [2.24, 2.45) is 5.10 Å². The Morgan fingerprint density at radius 3 is 2.62 bits per heavy atom. The van der Waals surface area contributed by atoms with Gasteiger partial charge in [0.1, 0.15) is 17.3 Å². The summed E-state index contributed by atoms with van der Waals surface area (Å²) >= 11 is 12.0. The van der Waals surface area contributed by atoms with Crippen LogP contribution in [0.4, 0.5) is 10.1 Å². The molecule has 0 saturated carbocycles. The summed E-state index contributed by atoms with van der Waals surface area (Å²) in [6.07, 6.45) is 2.09. The highest BCUT2D eigenvalue weighted by Gasteiger charge is 2.32. The summed E-state index contributed by atoms with van der Waals surface area (Å²) in [4.78, 5) is 29.4. The molecule has 0 bridgehead atoms. The fourth-order valence-electron chi connectivity index (χ4n) is 4.88. The number of fused-ring (bicyclic) bond motifs is 1. The predicted molar refractivity (Wildman–Crippen MR) is 148 cm³/mol. The van der Waals surface area contributed by atoms with E-state index in [9.17, 15) is 14.0 Å². The summed E-state index contributed by atoms with van der Waals surface area (Å²) < 4.78 is 25.7. The van der Waals surface area contributed by atoms with Crippen molar-refractivity contribution in [3.63, 3.8) is 0 Å². The maximum absolute atomic E-state index is 14.2. The number of nitrogens with one attached hydrogen (secondary N) is 1. The highest BCUT2D eigenvalue weighted by Crippen LogP contribution is 2.31. The molecule has 1 aliphatic heterocycles. The standard InChI is InChI=1S/C28H27Cl2FN4O4/c1-17-26-21(32-33-25(36)16-38-23-10-9-18(29)15-19(23)30)6-4-8-24(26)39-27(17)28(37)35-13-11-34(12-14-35)22-7-3-2-5-20(22)31/h2-3,5,7,9-10,15H,4,6,8,11-14,16H2,1H3,(H,33,36)/b32-21+. The molecule has 2 heterocycles. The minimum absolute atomic E-state index is 0.202. The van der Waals surface area contributed by atoms with Gasteiger partial charge in [-0.15, -0.1) is 0 Å². The Kier molecular flexibility index (Phi) is 8.09. The first-order chi connectivity index (χ1) is 18.8. The smallest absolute Gasteiger partial charge is 0.289 e. The van der Waals surface area contributed by atoms with E-state index in [0.29, 0.717) is 77.5 Å². The van der Waals surface area contributed by atoms with Gasteiger partial charge in [0.15, 0.2) is 12.4 Å². The summed E-state index contributed by atoms with van der Waals surface area (Å²) in [6.45, 7) is 3.50. The molecular weight excluding hydrogens is 546 g/mol. The summed E-state index contributed by atoms with van der Waals surface area (Å²) in [5.74, 6) is 0.376. The minimum Gasteiger partial charge on any atom is -0.482 e. The molecule has 2 amide bonds. The largest absolute Gasteiger partial charge is 0.482 e. The number of carbonyl (C=O) groups is 2. The maximum atomic E-state index is 14.2. The number of halogens is 3. The summed E-state index contributed by atoms with van der Waals surface area (Å²) in [7, 11) is 0. The van der Waals surface area contributed by atoms with Gasteiger partial charge in [0.05, 0.1) is 16.4 Å². The van der Waals surface area contributed by atoms with Gasteiger partial charge >= 0.3 is 0 Å². The Hall–Kier alpha value is -3.56. The molecule has 1 aliphatic carbocycles. The Bertz CT molecular complexity index is 1430. The first-order valence-corrected chi connectivity index (χ1v) is 13.4. The normalized spacial score (nSPS) is 16.3. The van der Waals surface area contributed by atoms with E-state index in [-0.39, 0.29) is 24.1 Å². The molecule has 1 fully saturated rings. The van der Waals surface area contributed by atoms with Crippen LogP contribution < -0.4 is 15.1 Å². The highest BCUT2D eigenvalue weighted by atomic mass is 35.5. The van der Waals surface area contributed by atoms with Crippen LogP contribution in [0.15, 0.2) is 52.0 Å². The van der Waals surface area contributed by atoms with Crippen LogP contribution in [-0.2, 0) is 11.2 Å². The SMILES string of the molecule is Cc1c(C(=O)N2CCN(c3ccccc3F)CC2)oc2c1/C(=N/NC(=O)COc1ccc(Cl)cc1Cl)CCC2. The van der Waals surface area contributed by atoms with Crippen LogP contribution in [0.3, 0.4) is 0 Å². The molecule has 1 aromatic heterocycles. The van der Waals surface area contributed by atoms with Crippen molar-refractivity contribution in [3.8, 4) is 5.75 Å². The number of aryl methyl sites for hydroxylation is 1. The number of para-hydroxylation sites is 1. The number of piperazine rings is 1. The average molecular weight is 573 g/mol. The lowest BCUT2D eigenvalue weighted by atomic mass is 9.93. The number of hydrogen-bond acceptors (Lipinski definition) is 6. The van der Waals surface area contributed by atoms with Crippen molar-refractivity contribution in [1.29, 1.82) is 0 Å². The summed E-state index contributed by atoms with van der Waals surface area (Å²) in [6, 6.07) is 11.4. The Balaban J connectivity index is 1.23. The van der Waals surface area contributed by atoms with Crippen LogP contribution in [0.2, 0.25) is 10.0 Å². The number of amides is 2. The lowest BCUT2D eigenvalue weighted by Gasteiger charge is -2.35. The second-order valence-electron chi connectivity index (χ2n) is 9.40. The van der Waals surface area contributed by atoms with Crippen LogP contribution >= 0.6 is 23.2 Å². The van der Waals surface area contributed by atoms with Gasteiger partial charge in [-0.05, 0) is 50.1 Å². The third-order valence-corrected chi connectivity index (χ3v) is 7.38. The second kappa shape index (κ2) is 11.7. The van der Waals surface area contributed by atoms with Gasteiger partial charge in [0.25, 0.3) is 11.8 Å². The average Bonchev–Trinajstić information content (AvgIpc) is 3.28. The van der Waals surface area contributed by atoms with Gasteiger partial charge in [-0.1, -0.05) is 35.3 Å². The van der Waals surface area contributed by atoms with Gasteiger partial charge in [0, 0.05) is 48.7 Å². The Labute approximate surface area is 235 Å². The molecule has 2 aliphatic rings. The van der Waals surface area contributed by atoms with Crippen molar-refractivity contribution in [3.05, 3.63) is 81.0 Å². The predicted octanol–water partition coefficient (Wildman–Crippen LogP) is 5.23. The number of nitrogens with zero attached hydrogens (tertiary/aromatic N) is 3. The van der Waals surface area contributed by atoms with E-state index in [0.717, 1.165) is 12.0 Å². The quantitative estimate of drug-likeness (QED) is 0.408. The molecule has 8 nitrogen and oxygen atoms in total. The fourth-order valence-corrected chi connectivity index (χ4v) is 5.35. The molecular formula is C28H27Cl2FN4O4. The molecule has 0 spiro atoms. The monoisotopic (exact) mass is 572 g/mol. The second-order valence-corrected chi connectivity index (χ2v) is 10.2. The van der Waals surface area contributed by atoms with Crippen LogP contribution in [-0.4, -0.2) is 55.2 Å². The van der Waals surface area contributed by atoms with E-state index in [1.54, 1.807) is 35.2 Å². The number of carbonyl (C=O) groups excluding carboxylic acids is 2. The number of furan rings is 1. The molecule has 11 heteroatoms. The molecule has 0 radical (unpaired) electrons. The van der Waals surface area contributed by atoms with E-state index >= 15 is 0 Å². The van der Waals surface area contributed by atoms with Crippen molar-refractivity contribution >= 4 is 46.4 Å². The first kappa shape index (κ1) is 27.0. The van der Waals surface area contributed by atoms with Gasteiger partial charge in [-0.3, -0.25) is 9.59 Å². The highest BCUT2D eigenvalue weighted by molar-refractivity contribution is 6.35. The van der Waals surface area contributed by atoms with Crippen LogP contribution in [0.25, 0.3) is 0 Å². The van der Waals surface area contributed by atoms with Gasteiger partial charge in [0.2, 0.25) is 0 Å². The molecule has 39 heavy (non-hydrogen) atoms. The van der Waals surface area contributed by atoms with E-state index in [4.69, 9.17) is 32.4 Å². The van der Waals surface area contributed by atoms with Crippen molar-refractivity contribution in [1.82, 2.24) is 10.3 Å². The molecule has 1 saturated heterocycles. The zero-order valence-corrected chi connectivity index (χ0v) is 22.8. The van der Waals surface area contributed by atoms with Crippen molar-refractivity contribution < 1.29 is 23.1 Å². The number of hydrogen-bond donors (Lipinski definition) is 1.